The molecule has 4 aromatic carbocycles. The Labute approximate surface area is 163 Å². The van der Waals surface area contributed by atoms with E-state index in [1.165, 1.54) is 0 Å². The van der Waals surface area contributed by atoms with Crippen molar-refractivity contribution < 1.29 is 14.3 Å². The first kappa shape index (κ1) is 17.6. The van der Waals surface area contributed by atoms with Gasteiger partial charge in [-0.2, -0.15) is 0 Å². The zero-order chi connectivity index (χ0) is 19.2. The minimum Gasteiger partial charge on any atom is -0.457 e. The molecule has 0 radical (unpaired) electrons. The summed E-state index contributed by atoms with van der Waals surface area (Å²) in [6, 6.07) is 33.3. The van der Waals surface area contributed by atoms with Gasteiger partial charge in [0.1, 0.15) is 23.0 Å². The molecule has 3 nitrogen and oxygen atoms in total. The van der Waals surface area contributed by atoms with Crippen LogP contribution in [0.4, 0.5) is 0 Å². The molecule has 0 unspecified atom stereocenters. The van der Waals surface area contributed by atoms with Crippen LogP contribution >= 0.6 is 0 Å². The van der Waals surface area contributed by atoms with Gasteiger partial charge in [0.2, 0.25) is 0 Å². The Morgan fingerprint density at radius 2 is 0.964 bits per heavy atom. The van der Waals surface area contributed by atoms with E-state index in [0.29, 0.717) is 22.6 Å². The lowest BCUT2D eigenvalue weighted by Crippen LogP contribution is -2.01. The Balaban J connectivity index is 1.49. The highest BCUT2D eigenvalue weighted by Gasteiger charge is 2.11. The number of carbonyl (C=O) groups excluding carboxylic acids is 1. The van der Waals surface area contributed by atoms with Crippen molar-refractivity contribution in [2.45, 2.75) is 0 Å². The zero-order valence-electron chi connectivity index (χ0n) is 15.1. The van der Waals surface area contributed by atoms with E-state index in [1.54, 1.807) is 36.4 Å². The molecule has 0 heterocycles. The molecule has 0 N–H and O–H groups in total. The maximum Gasteiger partial charge on any atom is 0.193 e. The standard InChI is InChI=1S/C25H18O3/c26-25(19-14-16-23(17-15-19)27-21-9-3-1-4-10-21)20-8-7-13-24(18-20)28-22-11-5-2-6-12-22/h1-18H. The third-order valence-corrected chi connectivity index (χ3v) is 4.17. The maximum absolute atomic E-state index is 12.8. The second kappa shape index (κ2) is 8.23. The second-order valence-electron chi connectivity index (χ2n) is 6.21. The SMILES string of the molecule is O=C(c1ccc(Oc2ccccc2)cc1)c1cccc(Oc2ccccc2)c1. The van der Waals surface area contributed by atoms with Gasteiger partial charge in [0.15, 0.2) is 5.78 Å². The van der Waals surface area contributed by atoms with Crippen LogP contribution in [0, 0.1) is 0 Å². The molecule has 0 aliphatic rings. The smallest absolute Gasteiger partial charge is 0.193 e. The lowest BCUT2D eigenvalue weighted by Gasteiger charge is -2.08. The minimum absolute atomic E-state index is 0.0650. The molecule has 28 heavy (non-hydrogen) atoms. The van der Waals surface area contributed by atoms with E-state index in [1.807, 2.05) is 72.8 Å². The van der Waals surface area contributed by atoms with E-state index < -0.39 is 0 Å². The predicted molar refractivity (Wildman–Crippen MR) is 109 cm³/mol. The average molecular weight is 366 g/mol. The molecule has 0 aliphatic carbocycles. The topological polar surface area (TPSA) is 35.5 Å². The normalized spacial score (nSPS) is 10.3. The lowest BCUT2D eigenvalue weighted by atomic mass is 10.0. The number of carbonyl (C=O) groups is 1. The Hall–Kier alpha value is -3.85. The number of benzene rings is 4. The Morgan fingerprint density at radius 1 is 0.464 bits per heavy atom. The molecule has 0 spiro atoms. The van der Waals surface area contributed by atoms with Gasteiger partial charge in [-0.1, -0.05) is 48.5 Å². The Bertz CT molecular complexity index is 1060. The maximum atomic E-state index is 12.8. The molecule has 0 aliphatic heterocycles. The van der Waals surface area contributed by atoms with Crippen LogP contribution in [0.25, 0.3) is 0 Å². The van der Waals surface area contributed by atoms with Crippen molar-refractivity contribution >= 4 is 5.78 Å². The van der Waals surface area contributed by atoms with Gasteiger partial charge in [0.25, 0.3) is 0 Å². The predicted octanol–water partition coefficient (Wildman–Crippen LogP) is 6.50. The van der Waals surface area contributed by atoms with Crippen LogP contribution < -0.4 is 9.47 Å². The van der Waals surface area contributed by atoms with Crippen LogP contribution in [0.2, 0.25) is 0 Å². The molecule has 4 rings (SSSR count). The van der Waals surface area contributed by atoms with Gasteiger partial charge in [-0.3, -0.25) is 4.79 Å². The summed E-state index contributed by atoms with van der Waals surface area (Å²) in [7, 11) is 0. The second-order valence-corrected chi connectivity index (χ2v) is 6.21. The molecule has 136 valence electrons. The summed E-state index contributed by atoms with van der Waals surface area (Å²) in [6.45, 7) is 0. The highest BCUT2D eigenvalue weighted by atomic mass is 16.5. The van der Waals surface area contributed by atoms with Crippen molar-refractivity contribution in [1.29, 1.82) is 0 Å². The molecule has 0 saturated carbocycles. The Morgan fingerprint density at radius 3 is 1.57 bits per heavy atom. The van der Waals surface area contributed by atoms with Crippen molar-refractivity contribution in [3.05, 3.63) is 120 Å². The summed E-state index contributed by atoms with van der Waals surface area (Å²) in [5.41, 5.74) is 1.17. The monoisotopic (exact) mass is 366 g/mol. The average Bonchev–Trinajstić information content (AvgIpc) is 2.75. The van der Waals surface area contributed by atoms with Gasteiger partial charge >= 0.3 is 0 Å². The third-order valence-electron chi connectivity index (χ3n) is 4.17. The van der Waals surface area contributed by atoms with Crippen molar-refractivity contribution in [2.24, 2.45) is 0 Å². The first-order valence-electron chi connectivity index (χ1n) is 8.98. The van der Waals surface area contributed by atoms with Gasteiger partial charge in [0, 0.05) is 11.1 Å². The molecule has 0 amide bonds. The van der Waals surface area contributed by atoms with E-state index in [2.05, 4.69) is 0 Å². The van der Waals surface area contributed by atoms with E-state index in [4.69, 9.17) is 9.47 Å². The fourth-order valence-corrected chi connectivity index (χ4v) is 2.79. The van der Waals surface area contributed by atoms with Gasteiger partial charge in [-0.05, 0) is 60.7 Å². The van der Waals surface area contributed by atoms with E-state index >= 15 is 0 Å². The van der Waals surface area contributed by atoms with Crippen LogP contribution in [0.15, 0.2) is 109 Å². The summed E-state index contributed by atoms with van der Waals surface area (Å²) >= 11 is 0. The highest BCUT2D eigenvalue weighted by molar-refractivity contribution is 6.09. The molecular weight excluding hydrogens is 348 g/mol. The number of rotatable bonds is 6. The lowest BCUT2D eigenvalue weighted by molar-refractivity contribution is 0.103. The molecule has 0 saturated heterocycles. The first-order chi connectivity index (χ1) is 13.8. The molecule has 0 aromatic heterocycles. The highest BCUT2D eigenvalue weighted by Crippen LogP contribution is 2.25. The fourth-order valence-electron chi connectivity index (χ4n) is 2.79. The van der Waals surface area contributed by atoms with E-state index in [0.717, 1.165) is 11.5 Å². The summed E-state index contributed by atoms with van der Waals surface area (Å²) in [6.07, 6.45) is 0. The zero-order valence-corrected chi connectivity index (χ0v) is 15.1. The van der Waals surface area contributed by atoms with Crippen LogP contribution in [0.3, 0.4) is 0 Å². The Kier molecular flexibility index (Phi) is 5.16. The van der Waals surface area contributed by atoms with Gasteiger partial charge < -0.3 is 9.47 Å². The quantitative estimate of drug-likeness (QED) is 0.365. The van der Waals surface area contributed by atoms with Crippen molar-refractivity contribution in [3.8, 4) is 23.0 Å². The summed E-state index contributed by atoms with van der Waals surface area (Å²) in [4.78, 5) is 12.8. The van der Waals surface area contributed by atoms with Crippen LogP contribution in [0.1, 0.15) is 15.9 Å². The van der Waals surface area contributed by atoms with Crippen LogP contribution in [-0.2, 0) is 0 Å². The summed E-state index contributed by atoms with van der Waals surface area (Å²) < 4.78 is 11.6. The molecule has 0 fully saturated rings. The van der Waals surface area contributed by atoms with Crippen LogP contribution in [-0.4, -0.2) is 5.78 Å². The van der Waals surface area contributed by atoms with E-state index in [-0.39, 0.29) is 5.78 Å². The first-order valence-corrected chi connectivity index (χ1v) is 8.98. The minimum atomic E-state index is -0.0650. The summed E-state index contributed by atoms with van der Waals surface area (Å²) in [5, 5.41) is 0. The molecule has 0 bridgehead atoms. The molecule has 4 aromatic rings. The number of hydrogen-bond acceptors (Lipinski definition) is 3. The fraction of sp³-hybridized carbons (Fsp3) is 0. The van der Waals surface area contributed by atoms with Gasteiger partial charge in [-0.25, -0.2) is 0 Å². The molecule has 0 atom stereocenters. The van der Waals surface area contributed by atoms with Crippen molar-refractivity contribution in [2.75, 3.05) is 0 Å². The largest absolute Gasteiger partial charge is 0.457 e. The van der Waals surface area contributed by atoms with Crippen LogP contribution in [0.5, 0.6) is 23.0 Å². The van der Waals surface area contributed by atoms with Gasteiger partial charge in [-0.15, -0.1) is 0 Å². The number of ketones is 1. The van der Waals surface area contributed by atoms with Crippen molar-refractivity contribution in [1.82, 2.24) is 0 Å². The molecular formula is C25H18O3. The van der Waals surface area contributed by atoms with E-state index in [9.17, 15) is 4.79 Å². The number of hydrogen-bond donors (Lipinski definition) is 0. The third kappa shape index (κ3) is 4.27. The van der Waals surface area contributed by atoms with Gasteiger partial charge in [0.05, 0.1) is 0 Å². The summed E-state index contributed by atoms with van der Waals surface area (Å²) in [5.74, 6) is 2.73. The van der Waals surface area contributed by atoms with Crippen molar-refractivity contribution in [3.63, 3.8) is 0 Å². The number of ether oxygens (including phenoxy) is 2. The number of para-hydroxylation sites is 2. The molecule has 3 heteroatoms.